The van der Waals surface area contributed by atoms with Crippen molar-refractivity contribution < 1.29 is 30.8 Å². The van der Waals surface area contributed by atoms with Crippen LogP contribution < -0.4 is 9.64 Å². The van der Waals surface area contributed by atoms with Gasteiger partial charge in [-0.1, -0.05) is 20.8 Å². The van der Waals surface area contributed by atoms with Crippen LogP contribution in [-0.2, 0) is 19.7 Å². The van der Waals surface area contributed by atoms with Crippen molar-refractivity contribution in [2.24, 2.45) is 5.92 Å². The lowest BCUT2D eigenvalue weighted by Crippen LogP contribution is -2.49. The van der Waals surface area contributed by atoms with E-state index in [4.69, 9.17) is 4.74 Å². The average molecular weight is 527 g/mol. The molecule has 2 aromatic carbocycles. The van der Waals surface area contributed by atoms with Gasteiger partial charge < -0.3 is 14.5 Å². The molecule has 1 saturated heterocycles. The van der Waals surface area contributed by atoms with Gasteiger partial charge in [-0.3, -0.25) is 4.79 Å². The summed E-state index contributed by atoms with van der Waals surface area (Å²) >= 11 is 0. The summed E-state index contributed by atoms with van der Waals surface area (Å²) < 4.78 is 68.6. The standard InChI is InChI=1S/C24H31FN2O6S2/c1-5-35(31,32)19-6-8-22(21(25)15-19)26-10-12-27(13-11-26)24(28)20-14-18(34(4,29)30)7-9-23(20)33-16-17(2)3/h6-9,14-15,17H,5,10-13,16H2,1-4H3. The number of nitrogens with zero attached hydrogens (tertiary/aromatic N) is 2. The number of anilines is 1. The van der Waals surface area contributed by atoms with Gasteiger partial charge in [0, 0.05) is 32.4 Å². The molecule has 35 heavy (non-hydrogen) atoms. The second kappa shape index (κ2) is 10.5. The van der Waals surface area contributed by atoms with Crippen LogP contribution in [0.5, 0.6) is 5.75 Å². The fraction of sp³-hybridized carbons (Fsp3) is 0.458. The molecule has 0 atom stereocenters. The van der Waals surface area contributed by atoms with Crippen LogP contribution in [0.15, 0.2) is 46.2 Å². The summed E-state index contributed by atoms with van der Waals surface area (Å²) in [6.45, 7) is 7.02. The van der Waals surface area contributed by atoms with E-state index in [1.54, 1.807) is 9.80 Å². The van der Waals surface area contributed by atoms with Crippen molar-refractivity contribution >= 4 is 31.3 Å². The number of amides is 1. The second-order valence-electron chi connectivity index (χ2n) is 8.93. The normalized spacial score (nSPS) is 14.9. The summed E-state index contributed by atoms with van der Waals surface area (Å²) in [7, 11) is -7.04. The lowest BCUT2D eigenvalue weighted by atomic mass is 10.1. The lowest BCUT2D eigenvalue weighted by Gasteiger charge is -2.36. The summed E-state index contributed by atoms with van der Waals surface area (Å²) in [6.07, 6.45) is 1.08. The molecule has 0 unspecified atom stereocenters. The number of hydrogen-bond donors (Lipinski definition) is 0. The summed E-state index contributed by atoms with van der Waals surface area (Å²) in [6, 6.07) is 8.13. The zero-order chi connectivity index (χ0) is 26.0. The number of halogens is 1. The minimum absolute atomic E-state index is 0.0283. The van der Waals surface area contributed by atoms with Crippen molar-refractivity contribution in [3.63, 3.8) is 0 Å². The molecule has 1 aliphatic rings. The van der Waals surface area contributed by atoms with E-state index in [-0.39, 0.29) is 51.7 Å². The highest BCUT2D eigenvalue weighted by Crippen LogP contribution is 2.28. The molecule has 0 spiro atoms. The molecule has 1 heterocycles. The van der Waals surface area contributed by atoms with E-state index in [0.29, 0.717) is 25.4 Å². The molecule has 0 aliphatic carbocycles. The zero-order valence-corrected chi connectivity index (χ0v) is 22.0. The van der Waals surface area contributed by atoms with Crippen molar-refractivity contribution in [3.8, 4) is 5.75 Å². The van der Waals surface area contributed by atoms with E-state index >= 15 is 0 Å². The van der Waals surface area contributed by atoms with Crippen LogP contribution in [0.3, 0.4) is 0 Å². The van der Waals surface area contributed by atoms with Crippen LogP contribution in [0.2, 0.25) is 0 Å². The number of hydrogen-bond acceptors (Lipinski definition) is 7. The molecule has 8 nitrogen and oxygen atoms in total. The monoisotopic (exact) mass is 526 g/mol. The number of sulfone groups is 2. The molecular formula is C24H31FN2O6S2. The Hall–Kier alpha value is -2.66. The maximum absolute atomic E-state index is 14.7. The molecule has 0 radical (unpaired) electrons. The van der Waals surface area contributed by atoms with Crippen molar-refractivity contribution in [1.29, 1.82) is 0 Å². The summed E-state index contributed by atoms with van der Waals surface area (Å²) in [4.78, 5) is 16.6. The van der Waals surface area contributed by atoms with Crippen molar-refractivity contribution in [1.82, 2.24) is 4.90 Å². The first-order valence-corrected chi connectivity index (χ1v) is 14.9. The number of ether oxygens (including phenoxy) is 1. The van der Waals surface area contributed by atoms with Gasteiger partial charge >= 0.3 is 0 Å². The molecule has 0 N–H and O–H groups in total. The van der Waals surface area contributed by atoms with Gasteiger partial charge in [-0.05, 0) is 42.3 Å². The van der Waals surface area contributed by atoms with Crippen LogP contribution in [0, 0.1) is 11.7 Å². The Kier molecular flexibility index (Phi) is 8.10. The summed E-state index contributed by atoms with van der Waals surface area (Å²) in [5.74, 6) is -0.582. The molecule has 11 heteroatoms. The summed E-state index contributed by atoms with van der Waals surface area (Å²) in [5.41, 5.74) is 0.439. The van der Waals surface area contributed by atoms with Gasteiger partial charge in [-0.25, -0.2) is 21.2 Å². The van der Waals surface area contributed by atoms with Gasteiger partial charge in [0.2, 0.25) is 0 Å². The highest BCUT2D eigenvalue weighted by atomic mass is 32.2. The van der Waals surface area contributed by atoms with Gasteiger partial charge in [0.1, 0.15) is 11.6 Å². The minimum atomic E-state index is -3.52. The third-order valence-electron chi connectivity index (χ3n) is 5.75. The van der Waals surface area contributed by atoms with E-state index in [9.17, 15) is 26.0 Å². The lowest BCUT2D eigenvalue weighted by molar-refractivity contribution is 0.0741. The first kappa shape index (κ1) is 26.9. The van der Waals surface area contributed by atoms with E-state index in [2.05, 4.69) is 0 Å². The Bertz CT molecular complexity index is 1300. The molecule has 3 rings (SSSR count). The average Bonchev–Trinajstić information content (AvgIpc) is 2.81. The van der Waals surface area contributed by atoms with Crippen LogP contribution in [0.4, 0.5) is 10.1 Å². The van der Waals surface area contributed by atoms with E-state index in [1.807, 2.05) is 13.8 Å². The third-order valence-corrected chi connectivity index (χ3v) is 8.59. The smallest absolute Gasteiger partial charge is 0.257 e. The maximum atomic E-state index is 14.7. The molecule has 2 aromatic rings. The Morgan fingerprint density at radius 3 is 2.17 bits per heavy atom. The number of carbonyl (C=O) groups excluding carboxylic acids is 1. The zero-order valence-electron chi connectivity index (χ0n) is 20.3. The Balaban J connectivity index is 1.79. The fourth-order valence-corrected chi connectivity index (χ4v) is 5.25. The highest BCUT2D eigenvalue weighted by Gasteiger charge is 2.27. The van der Waals surface area contributed by atoms with Gasteiger partial charge in [-0.2, -0.15) is 0 Å². The molecule has 1 aliphatic heterocycles. The molecule has 0 bridgehead atoms. The summed E-state index contributed by atoms with van der Waals surface area (Å²) in [5, 5.41) is 0. The second-order valence-corrected chi connectivity index (χ2v) is 13.2. The van der Waals surface area contributed by atoms with Crippen LogP contribution >= 0.6 is 0 Å². The van der Waals surface area contributed by atoms with E-state index < -0.39 is 25.5 Å². The van der Waals surface area contributed by atoms with Crippen molar-refractivity contribution in [3.05, 3.63) is 47.8 Å². The molecule has 192 valence electrons. The van der Waals surface area contributed by atoms with E-state index in [0.717, 1.165) is 12.3 Å². The van der Waals surface area contributed by atoms with Crippen molar-refractivity contribution in [2.45, 2.75) is 30.6 Å². The molecule has 1 amide bonds. The van der Waals surface area contributed by atoms with Crippen LogP contribution in [0.25, 0.3) is 0 Å². The highest BCUT2D eigenvalue weighted by molar-refractivity contribution is 7.91. The maximum Gasteiger partial charge on any atom is 0.257 e. The molecule has 1 fully saturated rings. The fourth-order valence-electron chi connectivity index (χ4n) is 3.71. The number of piperazine rings is 1. The first-order chi connectivity index (χ1) is 16.3. The van der Waals surface area contributed by atoms with Gasteiger partial charge in [0.05, 0.1) is 33.4 Å². The third kappa shape index (κ3) is 6.32. The first-order valence-electron chi connectivity index (χ1n) is 11.4. The minimum Gasteiger partial charge on any atom is -0.492 e. The SMILES string of the molecule is CCS(=O)(=O)c1ccc(N2CCN(C(=O)c3cc(S(C)(=O)=O)ccc3OCC(C)C)CC2)c(F)c1. The number of rotatable bonds is 8. The van der Waals surface area contributed by atoms with E-state index in [1.165, 1.54) is 37.3 Å². The molecule has 0 aromatic heterocycles. The number of carbonyl (C=O) groups is 1. The topological polar surface area (TPSA) is 101 Å². The quantitative estimate of drug-likeness (QED) is 0.521. The van der Waals surface area contributed by atoms with Gasteiger partial charge in [-0.15, -0.1) is 0 Å². The van der Waals surface area contributed by atoms with Crippen molar-refractivity contribution in [2.75, 3.05) is 49.7 Å². The van der Waals surface area contributed by atoms with Crippen LogP contribution in [0.1, 0.15) is 31.1 Å². The Morgan fingerprint density at radius 1 is 1.00 bits per heavy atom. The molecular weight excluding hydrogens is 495 g/mol. The Labute approximate surface area is 206 Å². The predicted molar refractivity (Wildman–Crippen MR) is 132 cm³/mol. The number of benzene rings is 2. The predicted octanol–water partition coefficient (Wildman–Crippen LogP) is 3.02. The molecule has 0 saturated carbocycles. The van der Waals surface area contributed by atoms with Gasteiger partial charge in [0.25, 0.3) is 5.91 Å². The largest absolute Gasteiger partial charge is 0.492 e. The van der Waals surface area contributed by atoms with Crippen LogP contribution in [-0.4, -0.2) is 72.4 Å². The Morgan fingerprint density at radius 2 is 1.63 bits per heavy atom. The van der Waals surface area contributed by atoms with Gasteiger partial charge in [0.15, 0.2) is 19.7 Å².